The Balaban J connectivity index is 4.00. The SMILES string of the molecule is COC(=O)C=C(C)NC(N)=O. The van der Waals surface area contributed by atoms with Crippen LogP contribution in [0.2, 0.25) is 0 Å². The van der Waals surface area contributed by atoms with Gasteiger partial charge in [0, 0.05) is 11.8 Å². The van der Waals surface area contributed by atoms with Gasteiger partial charge < -0.3 is 15.8 Å². The molecule has 5 nitrogen and oxygen atoms in total. The number of hydrogen-bond donors (Lipinski definition) is 2. The van der Waals surface area contributed by atoms with Crippen LogP contribution in [0.4, 0.5) is 4.79 Å². The number of urea groups is 1. The van der Waals surface area contributed by atoms with Crippen LogP contribution in [0.25, 0.3) is 0 Å². The Labute approximate surface area is 64.2 Å². The Hall–Kier alpha value is -1.52. The molecule has 3 N–H and O–H groups in total. The zero-order valence-corrected chi connectivity index (χ0v) is 6.38. The fourth-order valence-electron chi connectivity index (χ4n) is 0.466. The van der Waals surface area contributed by atoms with Gasteiger partial charge in [-0.3, -0.25) is 0 Å². The van der Waals surface area contributed by atoms with E-state index in [2.05, 4.69) is 10.1 Å². The minimum absolute atomic E-state index is 0.351. The van der Waals surface area contributed by atoms with Gasteiger partial charge >= 0.3 is 12.0 Å². The van der Waals surface area contributed by atoms with Crippen molar-refractivity contribution < 1.29 is 14.3 Å². The molecule has 0 aliphatic carbocycles. The number of carbonyl (C=O) groups excluding carboxylic acids is 2. The zero-order chi connectivity index (χ0) is 8.85. The molecule has 5 heteroatoms. The highest BCUT2D eigenvalue weighted by atomic mass is 16.5. The number of primary amides is 1. The summed E-state index contributed by atoms with van der Waals surface area (Å²) < 4.78 is 4.29. The summed E-state index contributed by atoms with van der Waals surface area (Å²) in [5.41, 5.74) is 5.12. The Morgan fingerprint density at radius 3 is 2.45 bits per heavy atom. The number of nitrogens with two attached hydrogens (primary N) is 1. The van der Waals surface area contributed by atoms with E-state index in [9.17, 15) is 9.59 Å². The maximum absolute atomic E-state index is 10.5. The zero-order valence-electron chi connectivity index (χ0n) is 6.38. The van der Waals surface area contributed by atoms with Crippen LogP contribution < -0.4 is 11.1 Å². The summed E-state index contributed by atoms with van der Waals surface area (Å²) in [6.07, 6.45) is 1.13. The Morgan fingerprint density at radius 2 is 2.09 bits per heavy atom. The number of methoxy groups -OCH3 is 1. The van der Waals surface area contributed by atoms with Gasteiger partial charge in [-0.15, -0.1) is 0 Å². The van der Waals surface area contributed by atoms with Crippen molar-refractivity contribution in [1.29, 1.82) is 0 Å². The fraction of sp³-hybridized carbons (Fsp3) is 0.333. The van der Waals surface area contributed by atoms with Crippen molar-refractivity contribution in [2.45, 2.75) is 6.92 Å². The lowest BCUT2D eigenvalue weighted by Crippen LogP contribution is -2.28. The van der Waals surface area contributed by atoms with Crippen molar-refractivity contribution in [2.75, 3.05) is 7.11 Å². The van der Waals surface area contributed by atoms with E-state index in [0.717, 1.165) is 6.08 Å². The van der Waals surface area contributed by atoms with Crippen LogP contribution in [0, 0.1) is 0 Å². The topological polar surface area (TPSA) is 81.4 Å². The third-order valence-electron chi connectivity index (χ3n) is 0.856. The number of rotatable bonds is 2. The van der Waals surface area contributed by atoms with Crippen LogP contribution in [-0.4, -0.2) is 19.1 Å². The van der Waals surface area contributed by atoms with Crippen LogP contribution in [-0.2, 0) is 9.53 Å². The first kappa shape index (κ1) is 9.48. The molecule has 0 aromatic carbocycles. The Kier molecular flexibility index (Phi) is 3.72. The summed E-state index contributed by atoms with van der Waals surface area (Å²) >= 11 is 0. The molecule has 0 bridgehead atoms. The lowest BCUT2D eigenvalue weighted by atomic mass is 10.4. The third kappa shape index (κ3) is 4.95. The highest BCUT2D eigenvalue weighted by Crippen LogP contribution is 1.86. The van der Waals surface area contributed by atoms with Crippen LogP contribution in [0.1, 0.15) is 6.92 Å². The first-order valence-electron chi connectivity index (χ1n) is 2.89. The van der Waals surface area contributed by atoms with Crippen molar-refractivity contribution in [3.63, 3.8) is 0 Å². The Morgan fingerprint density at radius 1 is 1.55 bits per heavy atom. The summed E-state index contributed by atoms with van der Waals surface area (Å²) in [6, 6.07) is -0.706. The van der Waals surface area contributed by atoms with E-state index in [4.69, 9.17) is 5.73 Å². The standard InChI is InChI=1S/C6H10N2O3/c1-4(8-6(7)10)3-5(9)11-2/h3H,1-2H3,(H3,7,8,10). The van der Waals surface area contributed by atoms with Gasteiger partial charge in [-0.1, -0.05) is 0 Å². The first-order valence-corrected chi connectivity index (χ1v) is 2.89. The molecule has 0 fully saturated rings. The summed E-state index contributed by atoms with van der Waals surface area (Å²) in [4.78, 5) is 20.7. The number of ether oxygens (including phenoxy) is 1. The average Bonchev–Trinajstić information content (AvgIpc) is 1.85. The molecule has 0 atom stereocenters. The fourth-order valence-corrected chi connectivity index (χ4v) is 0.466. The van der Waals surface area contributed by atoms with Crippen LogP contribution >= 0.6 is 0 Å². The maximum Gasteiger partial charge on any atom is 0.332 e. The molecular formula is C6H10N2O3. The van der Waals surface area contributed by atoms with E-state index in [1.165, 1.54) is 14.0 Å². The molecule has 0 saturated carbocycles. The van der Waals surface area contributed by atoms with Crippen molar-refractivity contribution in [3.8, 4) is 0 Å². The van der Waals surface area contributed by atoms with Crippen LogP contribution in [0.3, 0.4) is 0 Å². The van der Waals surface area contributed by atoms with Crippen molar-refractivity contribution >= 4 is 12.0 Å². The summed E-state index contributed by atoms with van der Waals surface area (Å²) in [5.74, 6) is -0.531. The second-order valence-electron chi connectivity index (χ2n) is 1.84. The monoisotopic (exact) mass is 158 g/mol. The normalized spacial score (nSPS) is 10.5. The molecule has 2 amide bonds. The van der Waals surface area contributed by atoms with Gasteiger partial charge in [-0.25, -0.2) is 9.59 Å². The van der Waals surface area contributed by atoms with Gasteiger partial charge in [0.15, 0.2) is 0 Å². The first-order chi connectivity index (χ1) is 5.06. The smallest absolute Gasteiger partial charge is 0.332 e. The van der Waals surface area contributed by atoms with E-state index >= 15 is 0 Å². The molecular weight excluding hydrogens is 148 g/mol. The highest BCUT2D eigenvalue weighted by molar-refractivity contribution is 5.84. The van der Waals surface area contributed by atoms with E-state index in [1.807, 2.05) is 0 Å². The van der Waals surface area contributed by atoms with Gasteiger partial charge in [0.25, 0.3) is 0 Å². The molecule has 0 radical (unpaired) electrons. The molecule has 0 aliphatic rings. The van der Waals surface area contributed by atoms with Crippen molar-refractivity contribution in [2.24, 2.45) is 5.73 Å². The predicted octanol–water partition coefficient (Wildman–Crippen LogP) is -0.268. The van der Waals surface area contributed by atoms with Gasteiger partial charge in [-0.2, -0.15) is 0 Å². The number of amides is 2. The molecule has 0 aromatic rings. The van der Waals surface area contributed by atoms with Gasteiger partial charge in [0.05, 0.1) is 7.11 Å². The molecule has 0 heterocycles. The number of carbonyl (C=O) groups is 2. The lowest BCUT2D eigenvalue weighted by Gasteiger charge is -1.98. The lowest BCUT2D eigenvalue weighted by molar-refractivity contribution is -0.134. The van der Waals surface area contributed by atoms with Crippen LogP contribution in [0.5, 0.6) is 0 Å². The minimum atomic E-state index is -0.706. The van der Waals surface area contributed by atoms with E-state index in [1.54, 1.807) is 0 Å². The van der Waals surface area contributed by atoms with Crippen LogP contribution in [0.15, 0.2) is 11.8 Å². The molecule has 0 spiro atoms. The maximum atomic E-state index is 10.5. The number of allylic oxidation sites excluding steroid dienone is 1. The van der Waals surface area contributed by atoms with Gasteiger partial charge in [-0.05, 0) is 6.92 Å². The van der Waals surface area contributed by atoms with Gasteiger partial charge in [0.2, 0.25) is 0 Å². The quantitative estimate of drug-likeness (QED) is 0.428. The minimum Gasteiger partial charge on any atom is -0.466 e. The molecule has 0 saturated heterocycles. The van der Waals surface area contributed by atoms with Crippen molar-refractivity contribution in [1.82, 2.24) is 5.32 Å². The van der Waals surface area contributed by atoms with E-state index in [0.29, 0.717) is 5.70 Å². The molecule has 0 rings (SSSR count). The molecule has 0 aromatic heterocycles. The number of nitrogens with one attached hydrogen (secondary N) is 1. The third-order valence-corrected chi connectivity index (χ3v) is 0.856. The van der Waals surface area contributed by atoms with Gasteiger partial charge in [0.1, 0.15) is 0 Å². The number of esters is 1. The second kappa shape index (κ2) is 4.32. The summed E-state index contributed by atoms with van der Waals surface area (Å²) in [5, 5.41) is 2.21. The highest BCUT2D eigenvalue weighted by Gasteiger charge is 1.97. The average molecular weight is 158 g/mol. The predicted molar refractivity (Wildman–Crippen MR) is 38.5 cm³/mol. The second-order valence-corrected chi connectivity index (χ2v) is 1.84. The summed E-state index contributed by atoms with van der Waals surface area (Å²) in [6.45, 7) is 1.53. The summed E-state index contributed by atoms with van der Waals surface area (Å²) in [7, 11) is 1.25. The van der Waals surface area contributed by atoms with E-state index < -0.39 is 12.0 Å². The molecule has 62 valence electrons. The number of hydrogen-bond acceptors (Lipinski definition) is 3. The van der Waals surface area contributed by atoms with Crippen molar-refractivity contribution in [3.05, 3.63) is 11.8 Å². The molecule has 0 unspecified atom stereocenters. The molecule has 11 heavy (non-hydrogen) atoms. The molecule has 0 aliphatic heterocycles. The largest absolute Gasteiger partial charge is 0.466 e. The Bertz CT molecular complexity index is 198. The van der Waals surface area contributed by atoms with E-state index in [-0.39, 0.29) is 0 Å².